The second kappa shape index (κ2) is 3.07. The lowest BCUT2D eigenvalue weighted by Gasteiger charge is -1.98. The molecular formula is C15H10N2O. The number of nitrogens with zero attached hydrogens (tertiary/aromatic N) is 2. The van der Waals surface area contributed by atoms with Gasteiger partial charge in [-0.1, -0.05) is 24.3 Å². The molecule has 3 nitrogen and oxygen atoms in total. The molecule has 0 amide bonds. The summed E-state index contributed by atoms with van der Waals surface area (Å²) in [6.45, 7) is 2.03. The molecular weight excluding hydrogens is 224 g/mol. The van der Waals surface area contributed by atoms with Crippen LogP contribution in [0.3, 0.4) is 0 Å². The van der Waals surface area contributed by atoms with E-state index < -0.39 is 0 Å². The zero-order chi connectivity index (χ0) is 12.3. The third-order valence-electron chi connectivity index (χ3n) is 3.41. The van der Waals surface area contributed by atoms with E-state index in [1.165, 1.54) is 0 Å². The number of hydrogen-bond acceptors (Lipinski definition) is 2. The van der Waals surface area contributed by atoms with Crippen LogP contribution in [0.1, 0.15) is 15.9 Å². The Balaban J connectivity index is 2.15. The number of aryl methyl sites for hydroxylation is 1. The van der Waals surface area contributed by atoms with Gasteiger partial charge in [0.2, 0.25) is 0 Å². The van der Waals surface area contributed by atoms with Crippen LogP contribution >= 0.6 is 0 Å². The molecule has 3 aromatic rings. The van der Waals surface area contributed by atoms with E-state index in [1.807, 2.05) is 49.4 Å². The first-order valence-electron chi connectivity index (χ1n) is 5.89. The largest absolute Gasteiger partial charge is 0.268 e. The molecule has 0 radical (unpaired) electrons. The smallest absolute Gasteiger partial charge is 0.264 e. The van der Waals surface area contributed by atoms with Gasteiger partial charge in [-0.2, -0.15) is 0 Å². The molecule has 0 aliphatic carbocycles. The Morgan fingerprint density at radius 3 is 2.67 bits per heavy atom. The lowest BCUT2D eigenvalue weighted by Crippen LogP contribution is -2.05. The Morgan fingerprint density at radius 2 is 1.83 bits per heavy atom. The summed E-state index contributed by atoms with van der Waals surface area (Å²) in [6.07, 6.45) is 0. The van der Waals surface area contributed by atoms with Crippen molar-refractivity contribution < 1.29 is 4.79 Å². The number of carbonyl (C=O) groups excluding carboxylic acids is 1. The minimum absolute atomic E-state index is 0.0203. The summed E-state index contributed by atoms with van der Waals surface area (Å²) in [5.41, 5.74) is 4.59. The van der Waals surface area contributed by atoms with Crippen LogP contribution in [-0.4, -0.2) is 15.5 Å². The molecule has 1 aromatic heterocycles. The van der Waals surface area contributed by atoms with Crippen molar-refractivity contribution in [1.82, 2.24) is 9.55 Å². The van der Waals surface area contributed by atoms with Crippen molar-refractivity contribution in [3.63, 3.8) is 0 Å². The average Bonchev–Trinajstić information content (AvgIpc) is 2.87. The SMILES string of the molecule is Cc1ccc2c(c1)nc1n2C(=O)c2ccccc2-1. The third-order valence-corrected chi connectivity index (χ3v) is 3.41. The molecule has 2 aromatic carbocycles. The lowest BCUT2D eigenvalue weighted by atomic mass is 10.1. The topological polar surface area (TPSA) is 34.9 Å². The molecule has 0 N–H and O–H groups in total. The van der Waals surface area contributed by atoms with Crippen LogP contribution in [0.4, 0.5) is 0 Å². The van der Waals surface area contributed by atoms with Crippen LogP contribution in [0.25, 0.3) is 22.4 Å². The molecule has 2 heterocycles. The Hall–Kier alpha value is -2.42. The summed E-state index contributed by atoms with van der Waals surface area (Å²) in [4.78, 5) is 17.0. The maximum absolute atomic E-state index is 12.4. The standard InChI is InChI=1S/C15H10N2O/c1-9-6-7-13-12(8-9)16-14-10-4-2-3-5-11(10)15(18)17(13)14/h2-8H,1H3. The summed E-state index contributed by atoms with van der Waals surface area (Å²) in [5, 5.41) is 0. The molecule has 1 aliphatic heterocycles. The number of aromatic nitrogens is 2. The van der Waals surface area contributed by atoms with Crippen molar-refractivity contribution in [2.75, 3.05) is 0 Å². The molecule has 0 saturated heterocycles. The highest BCUT2D eigenvalue weighted by Gasteiger charge is 2.29. The van der Waals surface area contributed by atoms with E-state index in [4.69, 9.17) is 0 Å². The maximum Gasteiger partial charge on any atom is 0.264 e. The molecule has 0 spiro atoms. The Morgan fingerprint density at radius 1 is 1.06 bits per heavy atom. The quantitative estimate of drug-likeness (QED) is 0.468. The van der Waals surface area contributed by atoms with Crippen LogP contribution in [0, 0.1) is 6.92 Å². The normalized spacial score (nSPS) is 12.8. The number of benzene rings is 2. The Kier molecular flexibility index (Phi) is 1.64. The second-order valence-corrected chi connectivity index (χ2v) is 4.61. The van der Waals surface area contributed by atoms with Crippen molar-refractivity contribution in [2.45, 2.75) is 6.92 Å². The van der Waals surface area contributed by atoms with Crippen molar-refractivity contribution in [2.24, 2.45) is 0 Å². The van der Waals surface area contributed by atoms with Crippen molar-refractivity contribution >= 4 is 16.9 Å². The first-order valence-corrected chi connectivity index (χ1v) is 5.89. The first-order chi connectivity index (χ1) is 8.75. The van der Waals surface area contributed by atoms with Gasteiger partial charge in [-0.15, -0.1) is 0 Å². The molecule has 4 rings (SSSR count). The van der Waals surface area contributed by atoms with Gasteiger partial charge in [0.25, 0.3) is 5.91 Å². The zero-order valence-electron chi connectivity index (χ0n) is 9.84. The summed E-state index contributed by atoms with van der Waals surface area (Å²) < 4.78 is 1.71. The fraction of sp³-hybridized carbons (Fsp3) is 0.0667. The number of imidazole rings is 1. The van der Waals surface area contributed by atoms with Gasteiger partial charge in [0.05, 0.1) is 16.6 Å². The van der Waals surface area contributed by atoms with Crippen molar-refractivity contribution in [1.29, 1.82) is 0 Å². The molecule has 0 bridgehead atoms. The highest BCUT2D eigenvalue weighted by atomic mass is 16.2. The van der Waals surface area contributed by atoms with Crippen LogP contribution < -0.4 is 0 Å². The number of rotatable bonds is 0. The number of fused-ring (bicyclic) bond motifs is 5. The monoisotopic (exact) mass is 234 g/mol. The van der Waals surface area contributed by atoms with E-state index in [0.717, 1.165) is 33.5 Å². The van der Waals surface area contributed by atoms with E-state index in [1.54, 1.807) is 4.57 Å². The van der Waals surface area contributed by atoms with Crippen LogP contribution in [-0.2, 0) is 0 Å². The van der Waals surface area contributed by atoms with Crippen LogP contribution in [0.15, 0.2) is 42.5 Å². The van der Waals surface area contributed by atoms with E-state index in [9.17, 15) is 4.79 Å². The molecule has 0 saturated carbocycles. The fourth-order valence-electron chi connectivity index (χ4n) is 2.56. The fourth-order valence-corrected chi connectivity index (χ4v) is 2.56. The van der Waals surface area contributed by atoms with Gasteiger partial charge < -0.3 is 0 Å². The van der Waals surface area contributed by atoms with Gasteiger partial charge in [-0.25, -0.2) is 4.98 Å². The van der Waals surface area contributed by atoms with Crippen LogP contribution in [0.5, 0.6) is 0 Å². The Bertz CT molecular complexity index is 814. The molecule has 0 fully saturated rings. The Labute approximate surface area is 104 Å². The predicted octanol–water partition coefficient (Wildman–Crippen LogP) is 3.01. The predicted molar refractivity (Wildman–Crippen MR) is 69.6 cm³/mol. The summed E-state index contributed by atoms with van der Waals surface area (Å²) >= 11 is 0. The van der Waals surface area contributed by atoms with Crippen molar-refractivity contribution in [3.05, 3.63) is 53.6 Å². The van der Waals surface area contributed by atoms with E-state index in [-0.39, 0.29) is 5.91 Å². The van der Waals surface area contributed by atoms with E-state index in [2.05, 4.69) is 4.98 Å². The summed E-state index contributed by atoms with van der Waals surface area (Å²) in [6, 6.07) is 13.6. The first kappa shape index (κ1) is 9.59. The minimum atomic E-state index is 0.0203. The highest BCUT2D eigenvalue weighted by molar-refractivity contribution is 6.12. The van der Waals surface area contributed by atoms with Crippen molar-refractivity contribution in [3.8, 4) is 11.4 Å². The molecule has 1 aliphatic rings. The van der Waals surface area contributed by atoms with Gasteiger partial charge in [-0.05, 0) is 30.7 Å². The van der Waals surface area contributed by atoms with Crippen LogP contribution in [0.2, 0.25) is 0 Å². The highest BCUT2D eigenvalue weighted by Crippen LogP contribution is 2.34. The van der Waals surface area contributed by atoms with E-state index in [0.29, 0.717) is 0 Å². The summed E-state index contributed by atoms with van der Waals surface area (Å²) in [5.74, 6) is 0.781. The molecule has 18 heavy (non-hydrogen) atoms. The van der Waals surface area contributed by atoms with Gasteiger partial charge >= 0.3 is 0 Å². The average molecular weight is 234 g/mol. The zero-order valence-corrected chi connectivity index (χ0v) is 9.84. The minimum Gasteiger partial charge on any atom is -0.268 e. The summed E-state index contributed by atoms with van der Waals surface area (Å²) in [7, 11) is 0. The van der Waals surface area contributed by atoms with Gasteiger partial charge in [0.1, 0.15) is 5.82 Å². The van der Waals surface area contributed by atoms with Gasteiger partial charge in [0.15, 0.2) is 0 Å². The maximum atomic E-state index is 12.4. The number of carbonyl (C=O) groups is 1. The lowest BCUT2D eigenvalue weighted by molar-refractivity contribution is 0.0973. The third kappa shape index (κ3) is 1.03. The molecule has 0 atom stereocenters. The second-order valence-electron chi connectivity index (χ2n) is 4.61. The van der Waals surface area contributed by atoms with E-state index >= 15 is 0 Å². The molecule has 0 unspecified atom stereocenters. The van der Waals surface area contributed by atoms with Gasteiger partial charge in [0, 0.05) is 5.56 Å². The number of hydrogen-bond donors (Lipinski definition) is 0. The van der Waals surface area contributed by atoms with Gasteiger partial charge in [-0.3, -0.25) is 9.36 Å². The molecule has 3 heteroatoms. The molecule has 86 valence electrons.